The molecule has 2 aromatic heterocycles. The van der Waals surface area contributed by atoms with Gasteiger partial charge in [-0.3, -0.25) is 9.78 Å². The Morgan fingerprint density at radius 2 is 1.96 bits per heavy atom. The minimum Gasteiger partial charge on any atom is -0.342 e. The quantitative estimate of drug-likeness (QED) is 0.752. The van der Waals surface area contributed by atoms with Crippen molar-refractivity contribution in [1.29, 1.82) is 0 Å². The summed E-state index contributed by atoms with van der Waals surface area (Å²) in [5, 5.41) is 2.93. The van der Waals surface area contributed by atoms with E-state index in [-0.39, 0.29) is 5.56 Å². The van der Waals surface area contributed by atoms with Crippen LogP contribution in [0.15, 0.2) is 45.3 Å². The first-order valence-corrected chi connectivity index (χ1v) is 8.19. The van der Waals surface area contributed by atoms with Gasteiger partial charge in [-0.15, -0.1) is 11.3 Å². The Hall–Kier alpha value is -2.67. The molecule has 0 amide bonds. The normalized spacial score (nSPS) is 13.8. The van der Waals surface area contributed by atoms with Crippen LogP contribution >= 0.6 is 11.3 Å². The lowest BCUT2D eigenvalue weighted by Gasteiger charge is -2.27. The summed E-state index contributed by atoms with van der Waals surface area (Å²) >= 11 is 1.57. The first kappa shape index (κ1) is 14.0. The predicted octanol–water partition coefficient (Wildman–Crippen LogP) is 1.75. The van der Waals surface area contributed by atoms with Gasteiger partial charge >= 0.3 is 5.69 Å². The fourth-order valence-electron chi connectivity index (χ4n) is 2.79. The van der Waals surface area contributed by atoms with Crippen LogP contribution < -0.4 is 16.1 Å². The Morgan fingerprint density at radius 3 is 2.78 bits per heavy atom. The van der Waals surface area contributed by atoms with Crippen molar-refractivity contribution in [3.05, 3.63) is 67.8 Å². The van der Waals surface area contributed by atoms with E-state index >= 15 is 0 Å². The Morgan fingerprint density at radius 1 is 1.13 bits per heavy atom. The van der Waals surface area contributed by atoms with Crippen molar-refractivity contribution >= 4 is 16.5 Å². The molecule has 0 unspecified atom stereocenters. The van der Waals surface area contributed by atoms with E-state index in [1.165, 1.54) is 0 Å². The average Bonchev–Trinajstić information content (AvgIpc) is 3.05. The predicted molar refractivity (Wildman–Crippen MR) is 90.0 cm³/mol. The highest BCUT2D eigenvalue weighted by Gasteiger charge is 2.22. The highest BCUT2D eigenvalue weighted by atomic mass is 32.1. The minimum atomic E-state index is -0.459. The third-order valence-electron chi connectivity index (χ3n) is 3.94. The maximum absolute atomic E-state index is 11.8. The van der Waals surface area contributed by atoms with Gasteiger partial charge in [0.15, 0.2) is 5.13 Å². The van der Waals surface area contributed by atoms with Gasteiger partial charge in [-0.05, 0) is 6.42 Å². The van der Waals surface area contributed by atoms with E-state index in [4.69, 9.17) is 0 Å². The number of benzene rings is 1. The Kier molecular flexibility index (Phi) is 3.34. The van der Waals surface area contributed by atoms with Gasteiger partial charge in [0.05, 0.1) is 12.2 Å². The molecule has 116 valence electrons. The van der Waals surface area contributed by atoms with Crippen LogP contribution in [0.2, 0.25) is 0 Å². The summed E-state index contributed by atoms with van der Waals surface area (Å²) in [6.45, 7) is 1.21. The van der Waals surface area contributed by atoms with Gasteiger partial charge in [0.2, 0.25) is 0 Å². The molecular formula is C16H14N4O2S. The molecule has 0 spiro atoms. The number of anilines is 1. The molecule has 4 rings (SSSR count). The standard InChI is InChI=1S/C16H14N4O2S/c21-14-11-6-7-20(8-12(11)17-15(22)19-14)16-18-13(9-23-16)10-4-2-1-3-5-10/h1-5,9H,6-8H2,(H2,17,19,21,22). The molecule has 6 nitrogen and oxygen atoms in total. The Labute approximate surface area is 135 Å². The molecule has 0 saturated heterocycles. The second-order valence-corrected chi connectivity index (χ2v) is 6.25. The number of nitrogens with zero attached hydrogens (tertiary/aromatic N) is 2. The lowest BCUT2D eigenvalue weighted by atomic mass is 10.1. The second kappa shape index (κ2) is 5.51. The van der Waals surface area contributed by atoms with E-state index < -0.39 is 5.69 Å². The van der Waals surface area contributed by atoms with Gasteiger partial charge in [-0.2, -0.15) is 0 Å². The van der Waals surface area contributed by atoms with Crippen molar-refractivity contribution in [2.75, 3.05) is 11.4 Å². The number of rotatable bonds is 2. The van der Waals surface area contributed by atoms with Crippen molar-refractivity contribution < 1.29 is 0 Å². The Bertz CT molecular complexity index is 958. The van der Waals surface area contributed by atoms with E-state index in [9.17, 15) is 9.59 Å². The first-order chi connectivity index (χ1) is 11.2. The topological polar surface area (TPSA) is 81.8 Å². The van der Waals surface area contributed by atoms with Crippen LogP contribution in [0.4, 0.5) is 5.13 Å². The summed E-state index contributed by atoms with van der Waals surface area (Å²) in [5.74, 6) is 0. The van der Waals surface area contributed by atoms with Crippen LogP contribution in [0.3, 0.4) is 0 Å². The van der Waals surface area contributed by atoms with Crippen molar-refractivity contribution in [1.82, 2.24) is 15.0 Å². The summed E-state index contributed by atoms with van der Waals surface area (Å²) in [7, 11) is 0. The lowest BCUT2D eigenvalue weighted by molar-refractivity contribution is 0.688. The minimum absolute atomic E-state index is 0.285. The van der Waals surface area contributed by atoms with E-state index in [0.717, 1.165) is 16.4 Å². The summed E-state index contributed by atoms with van der Waals surface area (Å²) in [5.41, 5.74) is 2.63. The van der Waals surface area contributed by atoms with E-state index in [1.807, 2.05) is 35.7 Å². The number of hydrogen-bond donors (Lipinski definition) is 2. The molecule has 3 heterocycles. The molecule has 0 aliphatic carbocycles. The van der Waals surface area contributed by atoms with Crippen molar-refractivity contribution in [3.8, 4) is 11.3 Å². The number of hydrogen-bond acceptors (Lipinski definition) is 5. The summed E-state index contributed by atoms with van der Waals surface area (Å²) in [6, 6.07) is 10.0. The molecule has 1 aromatic carbocycles. The van der Waals surface area contributed by atoms with E-state index in [1.54, 1.807) is 11.3 Å². The maximum Gasteiger partial charge on any atom is 0.325 e. The average molecular weight is 326 g/mol. The third kappa shape index (κ3) is 2.59. The zero-order valence-corrected chi connectivity index (χ0v) is 13.0. The van der Waals surface area contributed by atoms with Gasteiger partial charge in [0.25, 0.3) is 5.56 Å². The Balaban J connectivity index is 1.64. The van der Waals surface area contributed by atoms with Crippen LogP contribution in [0.5, 0.6) is 0 Å². The highest BCUT2D eigenvalue weighted by Crippen LogP contribution is 2.29. The molecule has 0 saturated carbocycles. The van der Waals surface area contributed by atoms with E-state index in [0.29, 0.717) is 30.8 Å². The van der Waals surface area contributed by atoms with Crippen LogP contribution in [0.1, 0.15) is 11.3 Å². The molecule has 2 N–H and O–H groups in total. The van der Waals surface area contributed by atoms with Gasteiger partial charge in [-0.1, -0.05) is 30.3 Å². The molecule has 1 aliphatic heterocycles. The van der Waals surface area contributed by atoms with Crippen LogP contribution in [-0.2, 0) is 13.0 Å². The molecule has 0 atom stereocenters. The molecule has 3 aromatic rings. The van der Waals surface area contributed by atoms with Crippen LogP contribution in [0.25, 0.3) is 11.3 Å². The molecule has 0 radical (unpaired) electrons. The van der Waals surface area contributed by atoms with E-state index in [2.05, 4.69) is 19.9 Å². The molecule has 23 heavy (non-hydrogen) atoms. The van der Waals surface area contributed by atoms with Crippen molar-refractivity contribution in [2.45, 2.75) is 13.0 Å². The zero-order chi connectivity index (χ0) is 15.8. The van der Waals surface area contributed by atoms with Gasteiger partial charge in [-0.25, -0.2) is 9.78 Å². The second-order valence-electron chi connectivity index (χ2n) is 5.42. The molecule has 0 fully saturated rings. The third-order valence-corrected chi connectivity index (χ3v) is 4.84. The zero-order valence-electron chi connectivity index (χ0n) is 12.2. The monoisotopic (exact) mass is 326 g/mol. The summed E-state index contributed by atoms with van der Waals surface area (Å²) < 4.78 is 0. The fraction of sp³-hybridized carbons (Fsp3) is 0.188. The van der Waals surface area contributed by atoms with Crippen LogP contribution in [0, 0.1) is 0 Å². The van der Waals surface area contributed by atoms with Crippen LogP contribution in [-0.4, -0.2) is 21.5 Å². The molecule has 7 heteroatoms. The van der Waals surface area contributed by atoms with Gasteiger partial charge < -0.3 is 9.88 Å². The number of H-pyrrole nitrogens is 2. The van der Waals surface area contributed by atoms with Gasteiger partial charge in [0, 0.05) is 28.7 Å². The highest BCUT2D eigenvalue weighted by molar-refractivity contribution is 7.14. The first-order valence-electron chi connectivity index (χ1n) is 7.31. The fourth-order valence-corrected chi connectivity index (χ4v) is 3.65. The molecule has 0 bridgehead atoms. The smallest absolute Gasteiger partial charge is 0.325 e. The maximum atomic E-state index is 11.8. The largest absolute Gasteiger partial charge is 0.342 e. The number of nitrogens with one attached hydrogen (secondary N) is 2. The number of aromatic amines is 2. The summed E-state index contributed by atoms with van der Waals surface area (Å²) in [4.78, 5) is 35.1. The molecule has 1 aliphatic rings. The summed E-state index contributed by atoms with van der Waals surface area (Å²) in [6.07, 6.45) is 0.599. The van der Waals surface area contributed by atoms with Crippen molar-refractivity contribution in [3.63, 3.8) is 0 Å². The number of thiazole rings is 1. The molecular weight excluding hydrogens is 312 g/mol. The lowest BCUT2D eigenvalue weighted by Crippen LogP contribution is -2.38. The number of fused-ring (bicyclic) bond motifs is 1. The SMILES string of the molecule is O=c1[nH]c2c(c(=O)[nH]1)CCN(c1nc(-c3ccccc3)cs1)C2. The van der Waals surface area contributed by atoms with Crippen molar-refractivity contribution in [2.24, 2.45) is 0 Å². The van der Waals surface area contributed by atoms with Gasteiger partial charge in [0.1, 0.15) is 0 Å². The number of aromatic nitrogens is 3.